The van der Waals surface area contributed by atoms with Gasteiger partial charge in [-0.25, -0.2) is 4.98 Å². The Morgan fingerprint density at radius 1 is 1.33 bits per heavy atom. The van der Waals surface area contributed by atoms with Crippen molar-refractivity contribution in [2.45, 2.75) is 32.5 Å². The van der Waals surface area contributed by atoms with E-state index in [-0.39, 0.29) is 18.1 Å². The summed E-state index contributed by atoms with van der Waals surface area (Å²) >= 11 is 1.67. The quantitative estimate of drug-likeness (QED) is 0.905. The summed E-state index contributed by atoms with van der Waals surface area (Å²) in [6.07, 6.45) is 2.89. The number of rotatable bonds is 5. The van der Waals surface area contributed by atoms with Gasteiger partial charge in [0.1, 0.15) is 5.82 Å². The molecule has 1 saturated heterocycles. The number of nitrogens with zero attached hydrogens (tertiary/aromatic N) is 2. The van der Waals surface area contributed by atoms with Gasteiger partial charge in [0.05, 0.1) is 17.8 Å². The lowest BCUT2D eigenvalue weighted by Gasteiger charge is -2.36. The van der Waals surface area contributed by atoms with Gasteiger partial charge in [-0.1, -0.05) is 0 Å². The van der Waals surface area contributed by atoms with Gasteiger partial charge in [0, 0.05) is 25.8 Å². The molecule has 1 N–H and O–H groups in total. The molecule has 0 radical (unpaired) electrons. The van der Waals surface area contributed by atoms with E-state index >= 15 is 0 Å². The van der Waals surface area contributed by atoms with Crippen molar-refractivity contribution in [3.05, 3.63) is 46.3 Å². The smallest absolute Gasteiger partial charge is 0.252 e. The zero-order valence-electron chi connectivity index (χ0n) is 14.1. The lowest BCUT2D eigenvalue weighted by atomic mass is 10.2. The van der Waals surface area contributed by atoms with Gasteiger partial charge in [0.2, 0.25) is 0 Å². The average molecular weight is 345 g/mol. The first-order valence-electron chi connectivity index (χ1n) is 8.27. The van der Waals surface area contributed by atoms with Gasteiger partial charge in [-0.05, 0) is 54.8 Å². The molecule has 1 fully saturated rings. The van der Waals surface area contributed by atoms with E-state index in [1.54, 1.807) is 17.5 Å². The van der Waals surface area contributed by atoms with Crippen LogP contribution in [0, 0.1) is 0 Å². The van der Waals surface area contributed by atoms with Crippen molar-refractivity contribution in [1.29, 1.82) is 0 Å². The molecule has 2 aromatic rings. The van der Waals surface area contributed by atoms with E-state index < -0.39 is 0 Å². The summed E-state index contributed by atoms with van der Waals surface area (Å²) in [5, 5.41) is 7.10. The third-order valence-electron chi connectivity index (χ3n) is 4.03. The Balaban J connectivity index is 1.54. The van der Waals surface area contributed by atoms with Crippen LogP contribution in [0.3, 0.4) is 0 Å². The fraction of sp³-hybridized carbons (Fsp3) is 0.444. The van der Waals surface area contributed by atoms with Crippen LogP contribution in [0.1, 0.15) is 29.8 Å². The molecule has 6 heteroatoms. The van der Waals surface area contributed by atoms with E-state index in [9.17, 15) is 4.79 Å². The van der Waals surface area contributed by atoms with Crippen molar-refractivity contribution in [2.75, 3.05) is 24.5 Å². The van der Waals surface area contributed by atoms with Crippen molar-refractivity contribution < 1.29 is 9.53 Å². The van der Waals surface area contributed by atoms with Gasteiger partial charge in [0.15, 0.2) is 0 Å². The molecule has 2 atom stereocenters. The fourth-order valence-corrected chi connectivity index (χ4v) is 3.63. The van der Waals surface area contributed by atoms with Crippen LogP contribution in [0.5, 0.6) is 0 Å². The molecular weight excluding hydrogens is 322 g/mol. The van der Waals surface area contributed by atoms with Gasteiger partial charge in [-0.15, -0.1) is 0 Å². The van der Waals surface area contributed by atoms with Crippen molar-refractivity contribution in [1.82, 2.24) is 10.3 Å². The van der Waals surface area contributed by atoms with E-state index in [2.05, 4.69) is 40.5 Å². The lowest BCUT2D eigenvalue weighted by molar-refractivity contribution is -0.00546. The largest absolute Gasteiger partial charge is 0.372 e. The SMILES string of the molecule is C[C@@H]1CN(c2ccc(C(=O)NCCc3ccsc3)cn2)C[C@@H](C)O1. The minimum atomic E-state index is -0.0759. The highest BCUT2D eigenvalue weighted by Crippen LogP contribution is 2.18. The molecule has 1 amide bonds. The van der Waals surface area contributed by atoms with Gasteiger partial charge >= 0.3 is 0 Å². The second-order valence-corrected chi connectivity index (χ2v) is 6.98. The lowest BCUT2D eigenvalue weighted by Crippen LogP contribution is -2.45. The van der Waals surface area contributed by atoms with Gasteiger partial charge in [0.25, 0.3) is 5.91 Å². The van der Waals surface area contributed by atoms with Crippen LogP contribution in [0.4, 0.5) is 5.82 Å². The van der Waals surface area contributed by atoms with Crippen LogP contribution in [-0.4, -0.2) is 42.7 Å². The number of nitrogens with one attached hydrogen (secondary N) is 1. The topological polar surface area (TPSA) is 54.5 Å². The highest BCUT2D eigenvalue weighted by molar-refractivity contribution is 7.07. The van der Waals surface area contributed by atoms with Gasteiger partial charge in [-0.2, -0.15) is 11.3 Å². The maximum absolute atomic E-state index is 12.2. The molecule has 2 aromatic heterocycles. The van der Waals surface area contributed by atoms with E-state index in [1.807, 2.05) is 17.5 Å². The van der Waals surface area contributed by atoms with Crippen LogP contribution >= 0.6 is 11.3 Å². The Bertz CT molecular complexity index is 647. The first-order valence-corrected chi connectivity index (χ1v) is 9.22. The Morgan fingerprint density at radius 3 is 2.75 bits per heavy atom. The number of ether oxygens (including phenoxy) is 1. The van der Waals surface area contributed by atoms with Gasteiger partial charge < -0.3 is 15.0 Å². The molecule has 0 bridgehead atoms. The standard InChI is InChI=1S/C18H23N3O2S/c1-13-10-21(11-14(2)23-13)17-4-3-16(9-20-17)18(22)19-7-5-15-6-8-24-12-15/h3-4,6,8-9,12-14H,5,7,10-11H2,1-2H3,(H,19,22)/t13-,14-/m1/s1. The van der Waals surface area contributed by atoms with Crippen molar-refractivity contribution in [3.8, 4) is 0 Å². The molecule has 1 aliphatic heterocycles. The number of hydrogen-bond donors (Lipinski definition) is 1. The van der Waals surface area contributed by atoms with E-state index in [1.165, 1.54) is 5.56 Å². The molecule has 0 spiro atoms. The molecule has 3 heterocycles. The molecule has 0 unspecified atom stereocenters. The number of hydrogen-bond acceptors (Lipinski definition) is 5. The first-order chi connectivity index (χ1) is 11.6. The first kappa shape index (κ1) is 16.9. The fourth-order valence-electron chi connectivity index (χ4n) is 2.93. The number of carbonyl (C=O) groups is 1. The highest BCUT2D eigenvalue weighted by Gasteiger charge is 2.23. The van der Waals surface area contributed by atoms with Crippen molar-refractivity contribution >= 4 is 23.1 Å². The Morgan fingerprint density at radius 2 is 2.12 bits per heavy atom. The summed E-state index contributed by atoms with van der Waals surface area (Å²) in [6.45, 7) is 6.42. The van der Waals surface area contributed by atoms with Gasteiger partial charge in [-0.3, -0.25) is 4.79 Å². The number of thiophene rings is 1. The Hall–Kier alpha value is -1.92. The second kappa shape index (κ2) is 7.77. The highest BCUT2D eigenvalue weighted by atomic mass is 32.1. The summed E-state index contributed by atoms with van der Waals surface area (Å²) in [7, 11) is 0. The van der Waals surface area contributed by atoms with E-state index in [0.717, 1.165) is 25.3 Å². The summed E-state index contributed by atoms with van der Waals surface area (Å²) in [5.74, 6) is 0.819. The van der Waals surface area contributed by atoms with E-state index in [4.69, 9.17) is 4.74 Å². The normalized spacial score (nSPS) is 20.8. The predicted octanol–water partition coefficient (Wildman–Crippen LogP) is 2.73. The molecule has 5 nitrogen and oxygen atoms in total. The van der Waals surface area contributed by atoms with Crippen molar-refractivity contribution in [3.63, 3.8) is 0 Å². The summed E-state index contributed by atoms with van der Waals surface area (Å²) < 4.78 is 5.74. The maximum Gasteiger partial charge on any atom is 0.252 e. The summed E-state index contributed by atoms with van der Waals surface area (Å²) in [5.41, 5.74) is 1.85. The van der Waals surface area contributed by atoms with Crippen molar-refractivity contribution in [2.24, 2.45) is 0 Å². The minimum Gasteiger partial charge on any atom is -0.372 e. The second-order valence-electron chi connectivity index (χ2n) is 6.20. The number of carbonyl (C=O) groups excluding carboxylic acids is 1. The van der Waals surface area contributed by atoms with Crippen LogP contribution < -0.4 is 10.2 Å². The molecule has 0 aromatic carbocycles. The average Bonchev–Trinajstić information content (AvgIpc) is 3.07. The third-order valence-corrected chi connectivity index (χ3v) is 4.77. The molecular formula is C18H23N3O2S. The summed E-state index contributed by atoms with van der Waals surface area (Å²) in [6, 6.07) is 5.84. The number of anilines is 1. The minimum absolute atomic E-state index is 0.0759. The Kier molecular flexibility index (Phi) is 5.48. The molecule has 24 heavy (non-hydrogen) atoms. The predicted molar refractivity (Wildman–Crippen MR) is 96.8 cm³/mol. The van der Waals surface area contributed by atoms with E-state index in [0.29, 0.717) is 12.1 Å². The Labute approximate surface area is 146 Å². The van der Waals surface area contributed by atoms with Crippen LogP contribution in [-0.2, 0) is 11.2 Å². The number of pyridine rings is 1. The number of amides is 1. The third kappa shape index (κ3) is 4.33. The van der Waals surface area contributed by atoms with Crippen LogP contribution in [0.15, 0.2) is 35.2 Å². The molecule has 0 saturated carbocycles. The zero-order chi connectivity index (χ0) is 16.9. The molecule has 128 valence electrons. The monoisotopic (exact) mass is 345 g/mol. The zero-order valence-corrected chi connectivity index (χ0v) is 14.9. The number of morpholine rings is 1. The number of aromatic nitrogens is 1. The summed E-state index contributed by atoms with van der Waals surface area (Å²) in [4.78, 5) is 18.8. The molecule has 3 rings (SSSR count). The molecule has 1 aliphatic rings. The maximum atomic E-state index is 12.2. The van der Waals surface area contributed by atoms with Crippen LogP contribution in [0.2, 0.25) is 0 Å². The van der Waals surface area contributed by atoms with Crippen LogP contribution in [0.25, 0.3) is 0 Å². The molecule has 0 aliphatic carbocycles.